The van der Waals surface area contributed by atoms with E-state index in [0.717, 1.165) is 11.1 Å². The van der Waals surface area contributed by atoms with Crippen molar-refractivity contribution in [2.45, 2.75) is 19.3 Å². The molecule has 4 aliphatic rings. The molecule has 41 heavy (non-hydrogen) atoms. The lowest BCUT2D eigenvalue weighted by Gasteiger charge is -2.22. The maximum absolute atomic E-state index is 13.2. The van der Waals surface area contributed by atoms with E-state index in [1.54, 1.807) is 14.1 Å². The molecular formula is C33H30N2O6. The molecule has 2 N–H and O–H groups in total. The van der Waals surface area contributed by atoms with Gasteiger partial charge in [-0.3, -0.25) is 9.59 Å². The second-order valence-electron chi connectivity index (χ2n) is 11.2. The number of nitrogens with zero attached hydrogens (tertiary/aromatic N) is 2. The highest BCUT2D eigenvalue weighted by atomic mass is 16.4. The SMILES string of the molecule is CN(C(=O)C1=C(C(=O)O)C2C=CC1C2)c1ccc(Cc2ccc(N(C)C(=O)C3=C(C(=O)O)C4C=CC3C4)cc2)cc1. The molecule has 0 saturated carbocycles. The van der Waals surface area contributed by atoms with Gasteiger partial charge in [0.2, 0.25) is 0 Å². The third-order valence-corrected chi connectivity index (χ3v) is 8.82. The fourth-order valence-corrected chi connectivity index (χ4v) is 6.65. The summed E-state index contributed by atoms with van der Waals surface area (Å²) in [6, 6.07) is 15.2. The van der Waals surface area contributed by atoms with Crippen LogP contribution in [0.1, 0.15) is 24.0 Å². The molecule has 2 aromatic rings. The van der Waals surface area contributed by atoms with Crippen LogP contribution in [0.3, 0.4) is 0 Å². The van der Waals surface area contributed by atoms with Gasteiger partial charge >= 0.3 is 11.9 Å². The number of benzene rings is 2. The minimum Gasteiger partial charge on any atom is -0.478 e. The fraction of sp³-hybridized carbons (Fsp3) is 0.273. The number of anilines is 2. The zero-order valence-corrected chi connectivity index (χ0v) is 22.8. The van der Waals surface area contributed by atoms with Crippen LogP contribution in [-0.2, 0) is 25.6 Å². The monoisotopic (exact) mass is 550 g/mol. The van der Waals surface area contributed by atoms with Gasteiger partial charge in [0.05, 0.1) is 11.1 Å². The van der Waals surface area contributed by atoms with E-state index in [1.165, 1.54) is 9.80 Å². The van der Waals surface area contributed by atoms with Crippen molar-refractivity contribution < 1.29 is 29.4 Å². The summed E-state index contributed by atoms with van der Waals surface area (Å²) in [6.45, 7) is 0. The van der Waals surface area contributed by atoms with Crippen molar-refractivity contribution in [1.29, 1.82) is 0 Å². The standard InChI is InChI=1S/C33H30N2O6/c1-34(30(36)26-20-7-9-22(16-20)28(26)32(38)39)24-11-3-18(4-12-24)15-19-5-13-25(14-6-19)35(2)31(37)27-21-8-10-23(17-21)29(27)33(40)41/h3-14,20-23H,15-17H2,1-2H3,(H,38,39)(H,40,41). The van der Waals surface area contributed by atoms with E-state index >= 15 is 0 Å². The molecule has 4 bridgehead atoms. The third-order valence-electron chi connectivity index (χ3n) is 8.82. The first-order valence-corrected chi connectivity index (χ1v) is 13.7. The molecule has 4 atom stereocenters. The highest BCUT2D eigenvalue weighted by molar-refractivity contribution is 6.12. The van der Waals surface area contributed by atoms with Crippen molar-refractivity contribution in [3.63, 3.8) is 0 Å². The summed E-state index contributed by atoms with van der Waals surface area (Å²) in [4.78, 5) is 53.1. The quantitative estimate of drug-likeness (QED) is 0.472. The van der Waals surface area contributed by atoms with Gasteiger partial charge in [0, 0.05) is 60.3 Å². The summed E-state index contributed by atoms with van der Waals surface area (Å²) in [5.74, 6) is -3.28. The minimum atomic E-state index is -1.03. The second kappa shape index (κ2) is 10.0. The van der Waals surface area contributed by atoms with E-state index < -0.39 is 11.9 Å². The van der Waals surface area contributed by atoms with Crippen LogP contribution in [0, 0.1) is 23.7 Å². The normalized spacial score (nSPS) is 23.5. The van der Waals surface area contributed by atoms with Gasteiger partial charge in [0.1, 0.15) is 0 Å². The van der Waals surface area contributed by atoms with Crippen molar-refractivity contribution in [3.8, 4) is 0 Å². The highest BCUT2D eigenvalue weighted by Crippen LogP contribution is 2.46. The molecule has 0 saturated heterocycles. The number of carboxylic acid groups (broad SMARTS) is 2. The summed E-state index contributed by atoms with van der Waals surface area (Å²) in [5, 5.41) is 19.3. The lowest BCUT2D eigenvalue weighted by atomic mass is 9.95. The van der Waals surface area contributed by atoms with Crippen LogP contribution in [0.4, 0.5) is 11.4 Å². The Morgan fingerprint density at radius 3 is 1.22 bits per heavy atom. The van der Waals surface area contributed by atoms with Gasteiger partial charge in [-0.2, -0.15) is 0 Å². The van der Waals surface area contributed by atoms with E-state index in [0.29, 0.717) is 41.8 Å². The summed E-state index contributed by atoms with van der Waals surface area (Å²) >= 11 is 0. The molecular weight excluding hydrogens is 520 g/mol. The molecule has 8 nitrogen and oxygen atoms in total. The zero-order chi connectivity index (χ0) is 29.0. The first-order valence-electron chi connectivity index (χ1n) is 13.7. The largest absolute Gasteiger partial charge is 0.478 e. The van der Waals surface area contributed by atoms with Crippen LogP contribution in [0.25, 0.3) is 0 Å². The van der Waals surface area contributed by atoms with Gasteiger partial charge in [-0.1, -0.05) is 48.6 Å². The molecule has 0 aromatic heterocycles. The number of rotatable bonds is 8. The molecule has 0 spiro atoms. The van der Waals surface area contributed by atoms with Crippen LogP contribution in [0.5, 0.6) is 0 Å². The second-order valence-corrected chi connectivity index (χ2v) is 11.2. The van der Waals surface area contributed by atoms with Crippen molar-refractivity contribution in [1.82, 2.24) is 0 Å². The number of carboxylic acids is 2. The minimum absolute atomic E-state index is 0.140. The van der Waals surface area contributed by atoms with Crippen molar-refractivity contribution in [2.24, 2.45) is 23.7 Å². The predicted molar refractivity (Wildman–Crippen MR) is 153 cm³/mol. The van der Waals surface area contributed by atoms with Gasteiger partial charge < -0.3 is 20.0 Å². The molecule has 0 aliphatic heterocycles. The van der Waals surface area contributed by atoms with E-state index in [2.05, 4.69) is 0 Å². The van der Waals surface area contributed by atoms with Gasteiger partial charge in [-0.05, 0) is 54.7 Å². The maximum Gasteiger partial charge on any atom is 0.332 e. The number of carbonyl (C=O) groups is 4. The lowest BCUT2D eigenvalue weighted by molar-refractivity contribution is -0.134. The molecule has 0 fully saturated rings. The first kappa shape index (κ1) is 26.5. The molecule has 8 heteroatoms. The molecule has 6 rings (SSSR count). The summed E-state index contributed by atoms with van der Waals surface area (Å²) in [6.07, 6.45) is 9.56. The first-order chi connectivity index (χ1) is 19.6. The third kappa shape index (κ3) is 4.49. The molecule has 208 valence electrons. The van der Waals surface area contributed by atoms with Gasteiger partial charge in [0.15, 0.2) is 0 Å². The fourth-order valence-electron chi connectivity index (χ4n) is 6.65. The maximum atomic E-state index is 13.2. The Morgan fingerprint density at radius 1 is 0.585 bits per heavy atom. The van der Waals surface area contributed by atoms with Gasteiger partial charge in [-0.15, -0.1) is 0 Å². The number of allylic oxidation sites excluding steroid dienone is 4. The number of aliphatic carboxylic acids is 2. The molecule has 2 aromatic carbocycles. The number of hydrogen-bond donors (Lipinski definition) is 2. The number of likely N-dealkylation sites (N-methyl/N-ethyl adjacent to an activating group) is 2. The zero-order valence-electron chi connectivity index (χ0n) is 22.8. The predicted octanol–water partition coefficient (Wildman–Crippen LogP) is 4.38. The average molecular weight is 551 g/mol. The van der Waals surface area contributed by atoms with Crippen LogP contribution in [-0.4, -0.2) is 48.1 Å². The van der Waals surface area contributed by atoms with E-state index in [1.807, 2.05) is 72.8 Å². The average Bonchev–Trinajstić information content (AvgIpc) is 3.77. The Morgan fingerprint density at radius 2 is 0.902 bits per heavy atom. The van der Waals surface area contributed by atoms with Crippen LogP contribution >= 0.6 is 0 Å². The smallest absolute Gasteiger partial charge is 0.332 e. The molecule has 4 aliphatic carbocycles. The Hall–Kier alpha value is -4.72. The van der Waals surface area contributed by atoms with Gasteiger partial charge in [0.25, 0.3) is 11.8 Å². The van der Waals surface area contributed by atoms with Gasteiger partial charge in [-0.25, -0.2) is 9.59 Å². The number of amides is 2. The molecule has 4 unspecified atom stereocenters. The van der Waals surface area contributed by atoms with Crippen LogP contribution < -0.4 is 9.80 Å². The van der Waals surface area contributed by atoms with Crippen LogP contribution in [0.15, 0.2) is 95.1 Å². The molecule has 0 heterocycles. The Kier molecular flexibility index (Phi) is 6.49. The summed E-state index contributed by atoms with van der Waals surface area (Å²) in [7, 11) is 3.33. The van der Waals surface area contributed by atoms with Crippen molar-refractivity contribution in [2.75, 3.05) is 23.9 Å². The number of carbonyl (C=O) groups excluding carboxylic acids is 2. The van der Waals surface area contributed by atoms with Crippen molar-refractivity contribution >= 4 is 35.1 Å². The number of hydrogen-bond acceptors (Lipinski definition) is 4. The van der Waals surface area contributed by atoms with Crippen LogP contribution in [0.2, 0.25) is 0 Å². The summed E-state index contributed by atoms with van der Waals surface area (Å²) < 4.78 is 0. The van der Waals surface area contributed by atoms with Crippen molar-refractivity contribution in [3.05, 3.63) is 106 Å². The molecule has 2 amide bonds. The van der Waals surface area contributed by atoms with E-state index in [4.69, 9.17) is 0 Å². The Balaban J connectivity index is 1.12. The highest BCUT2D eigenvalue weighted by Gasteiger charge is 2.43. The number of fused-ring (bicyclic) bond motifs is 4. The topological polar surface area (TPSA) is 115 Å². The van der Waals surface area contributed by atoms with E-state index in [-0.39, 0.29) is 46.6 Å². The Bertz CT molecular complexity index is 1480. The van der Waals surface area contributed by atoms with E-state index in [9.17, 15) is 29.4 Å². The summed E-state index contributed by atoms with van der Waals surface area (Å²) in [5.41, 5.74) is 4.63. The lowest BCUT2D eigenvalue weighted by Crippen LogP contribution is -2.31. The Labute approximate surface area is 237 Å². The molecule has 0 radical (unpaired) electrons.